The van der Waals surface area contributed by atoms with Gasteiger partial charge in [-0.1, -0.05) is 31.8 Å². The van der Waals surface area contributed by atoms with Crippen molar-refractivity contribution in [3.05, 3.63) is 71.6 Å². The maximum atomic E-state index is 15.3. The fourth-order valence-corrected chi connectivity index (χ4v) is 5.00. The van der Waals surface area contributed by atoms with Crippen LogP contribution in [-0.4, -0.2) is 15.2 Å². The zero-order valence-corrected chi connectivity index (χ0v) is 17.3. The number of hydrogen-bond donors (Lipinski definition) is 0. The van der Waals surface area contributed by atoms with E-state index < -0.39 is 37.2 Å². The molecule has 3 aromatic rings. The third-order valence-corrected chi connectivity index (χ3v) is 6.61. The van der Waals surface area contributed by atoms with Gasteiger partial charge in [-0.2, -0.15) is 0 Å². The highest BCUT2D eigenvalue weighted by molar-refractivity contribution is 6.89. The number of ether oxygens (including phenoxy) is 1. The minimum atomic E-state index is -2.12. The molecule has 0 heterocycles. The lowest BCUT2D eigenvalue weighted by Gasteiger charge is -2.22. The van der Waals surface area contributed by atoms with Crippen molar-refractivity contribution in [2.24, 2.45) is 0 Å². The standard InChI is InChI=1S/C22H19F5OSi/c1-28-19-8-7-15(20(26)22(19)29(2,3)4)12-5-6-14(16(23)9-12)13-10-17(24)21(27)18(25)11-13/h5-11H,1-4H3. The van der Waals surface area contributed by atoms with Gasteiger partial charge in [0.15, 0.2) is 17.5 Å². The molecule has 0 amide bonds. The van der Waals surface area contributed by atoms with Gasteiger partial charge in [-0.3, -0.25) is 0 Å². The summed E-state index contributed by atoms with van der Waals surface area (Å²) >= 11 is 0. The summed E-state index contributed by atoms with van der Waals surface area (Å²) in [6.45, 7) is 5.91. The van der Waals surface area contributed by atoms with Crippen LogP contribution in [0.25, 0.3) is 22.3 Å². The Morgan fingerprint density at radius 3 is 1.72 bits per heavy atom. The van der Waals surface area contributed by atoms with Crippen LogP contribution < -0.4 is 9.92 Å². The highest BCUT2D eigenvalue weighted by Gasteiger charge is 2.27. The number of benzene rings is 3. The maximum Gasteiger partial charge on any atom is 0.194 e. The van der Waals surface area contributed by atoms with E-state index in [0.29, 0.717) is 23.1 Å². The maximum absolute atomic E-state index is 15.3. The van der Waals surface area contributed by atoms with Crippen molar-refractivity contribution >= 4 is 13.3 Å². The van der Waals surface area contributed by atoms with E-state index in [4.69, 9.17) is 4.74 Å². The minimum Gasteiger partial charge on any atom is -0.497 e. The molecule has 0 spiro atoms. The molecule has 0 fully saturated rings. The Kier molecular flexibility index (Phi) is 5.54. The van der Waals surface area contributed by atoms with E-state index in [0.717, 1.165) is 6.07 Å². The fourth-order valence-electron chi connectivity index (χ4n) is 3.28. The zero-order valence-electron chi connectivity index (χ0n) is 16.3. The molecule has 3 aromatic carbocycles. The Hall–Kier alpha value is -2.67. The Bertz CT molecular complexity index is 1070. The Labute approximate surface area is 166 Å². The second-order valence-corrected chi connectivity index (χ2v) is 12.7. The van der Waals surface area contributed by atoms with Gasteiger partial charge in [0, 0.05) is 16.3 Å². The molecule has 0 aliphatic rings. The van der Waals surface area contributed by atoms with Crippen molar-refractivity contribution in [3.63, 3.8) is 0 Å². The molecule has 29 heavy (non-hydrogen) atoms. The van der Waals surface area contributed by atoms with E-state index in [1.165, 1.54) is 25.3 Å². The first kappa shape index (κ1) is 21.0. The molecule has 0 aliphatic heterocycles. The lowest BCUT2D eigenvalue weighted by Crippen LogP contribution is -2.41. The quantitative estimate of drug-likeness (QED) is 0.274. The molecule has 3 rings (SSSR count). The Balaban J connectivity index is 2.13. The number of rotatable bonds is 4. The van der Waals surface area contributed by atoms with Crippen LogP contribution in [0.5, 0.6) is 5.75 Å². The van der Waals surface area contributed by atoms with Gasteiger partial charge in [-0.25, -0.2) is 22.0 Å². The number of halogens is 5. The largest absolute Gasteiger partial charge is 0.497 e. The molecule has 0 aromatic heterocycles. The van der Waals surface area contributed by atoms with E-state index in [1.807, 2.05) is 19.6 Å². The third kappa shape index (κ3) is 3.92. The summed E-state index contributed by atoms with van der Waals surface area (Å²) in [7, 11) is -0.650. The first-order chi connectivity index (χ1) is 13.5. The van der Waals surface area contributed by atoms with Gasteiger partial charge in [0.2, 0.25) is 0 Å². The normalized spacial score (nSPS) is 11.6. The van der Waals surface area contributed by atoms with Crippen LogP contribution >= 0.6 is 0 Å². The van der Waals surface area contributed by atoms with Crippen molar-refractivity contribution in [2.75, 3.05) is 7.11 Å². The predicted molar refractivity (Wildman–Crippen MR) is 107 cm³/mol. The topological polar surface area (TPSA) is 9.23 Å². The predicted octanol–water partition coefficient (Wildman–Crippen LogP) is 6.27. The molecule has 152 valence electrons. The van der Waals surface area contributed by atoms with Gasteiger partial charge in [0.25, 0.3) is 0 Å². The van der Waals surface area contributed by atoms with Crippen molar-refractivity contribution in [3.8, 4) is 28.0 Å². The van der Waals surface area contributed by atoms with Crippen molar-refractivity contribution in [2.45, 2.75) is 19.6 Å². The van der Waals surface area contributed by atoms with E-state index in [1.54, 1.807) is 6.07 Å². The summed E-state index contributed by atoms with van der Waals surface area (Å²) < 4.78 is 75.4. The molecule has 0 unspecified atom stereocenters. The number of methoxy groups -OCH3 is 1. The first-order valence-electron chi connectivity index (χ1n) is 8.86. The summed E-state index contributed by atoms with van der Waals surface area (Å²) in [6.07, 6.45) is 0. The van der Waals surface area contributed by atoms with E-state index in [-0.39, 0.29) is 22.3 Å². The van der Waals surface area contributed by atoms with Gasteiger partial charge in [0.1, 0.15) is 17.4 Å². The lowest BCUT2D eigenvalue weighted by atomic mass is 9.99. The van der Waals surface area contributed by atoms with Crippen molar-refractivity contribution < 1.29 is 26.7 Å². The molecule has 0 saturated carbocycles. The molecule has 7 heteroatoms. The monoisotopic (exact) mass is 422 g/mol. The van der Waals surface area contributed by atoms with Crippen molar-refractivity contribution in [1.82, 2.24) is 0 Å². The van der Waals surface area contributed by atoms with Gasteiger partial charge < -0.3 is 4.74 Å². The van der Waals surface area contributed by atoms with Crippen LogP contribution in [-0.2, 0) is 0 Å². The SMILES string of the molecule is COc1ccc(-c2ccc(-c3cc(F)c(F)c(F)c3)c(F)c2)c(F)c1[Si](C)(C)C. The second kappa shape index (κ2) is 7.63. The Morgan fingerprint density at radius 1 is 0.655 bits per heavy atom. The molecule has 0 aliphatic carbocycles. The van der Waals surface area contributed by atoms with Crippen LogP contribution in [0.15, 0.2) is 42.5 Å². The van der Waals surface area contributed by atoms with Crippen LogP contribution in [0.1, 0.15) is 0 Å². The van der Waals surface area contributed by atoms with Gasteiger partial charge in [-0.15, -0.1) is 0 Å². The smallest absolute Gasteiger partial charge is 0.194 e. The summed E-state index contributed by atoms with van der Waals surface area (Å²) in [5, 5.41) is 0.490. The highest BCUT2D eigenvalue weighted by Crippen LogP contribution is 2.32. The van der Waals surface area contributed by atoms with E-state index in [2.05, 4.69) is 0 Å². The molecule has 0 radical (unpaired) electrons. The number of hydrogen-bond acceptors (Lipinski definition) is 1. The molecule has 0 N–H and O–H groups in total. The summed E-state index contributed by atoms with van der Waals surface area (Å²) in [5.41, 5.74) is 0.202. The fraction of sp³-hybridized carbons (Fsp3) is 0.182. The molecular weight excluding hydrogens is 403 g/mol. The first-order valence-corrected chi connectivity index (χ1v) is 12.4. The van der Waals surface area contributed by atoms with E-state index in [9.17, 15) is 17.6 Å². The highest BCUT2D eigenvalue weighted by atomic mass is 28.3. The van der Waals surface area contributed by atoms with Gasteiger partial charge in [-0.05, 0) is 41.5 Å². The summed E-state index contributed by atoms with van der Waals surface area (Å²) in [5.74, 6) is -5.29. The van der Waals surface area contributed by atoms with Gasteiger partial charge >= 0.3 is 0 Å². The molecule has 1 nitrogen and oxygen atoms in total. The van der Waals surface area contributed by atoms with Crippen LogP contribution in [0.3, 0.4) is 0 Å². The van der Waals surface area contributed by atoms with Gasteiger partial charge in [0.05, 0.1) is 15.2 Å². The van der Waals surface area contributed by atoms with Crippen LogP contribution in [0, 0.1) is 29.1 Å². The third-order valence-electron chi connectivity index (χ3n) is 4.65. The van der Waals surface area contributed by atoms with Crippen molar-refractivity contribution in [1.29, 1.82) is 0 Å². The summed E-state index contributed by atoms with van der Waals surface area (Å²) in [6, 6.07) is 8.41. The second-order valence-electron chi connectivity index (χ2n) is 7.70. The zero-order chi connectivity index (χ0) is 21.5. The minimum absolute atomic E-state index is 0.120. The Morgan fingerprint density at radius 2 is 1.21 bits per heavy atom. The average Bonchev–Trinajstić information content (AvgIpc) is 2.64. The van der Waals surface area contributed by atoms with Crippen LogP contribution in [0.2, 0.25) is 19.6 Å². The van der Waals surface area contributed by atoms with Crippen LogP contribution in [0.4, 0.5) is 22.0 Å². The molecule has 0 saturated heterocycles. The van der Waals surface area contributed by atoms with E-state index >= 15 is 4.39 Å². The summed E-state index contributed by atoms with van der Waals surface area (Å²) in [4.78, 5) is 0. The average molecular weight is 422 g/mol. The lowest BCUT2D eigenvalue weighted by molar-refractivity contribution is 0.415. The molecule has 0 bridgehead atoms. The molecular formula is C22H19F5OSi. The molecule has 0 atom stereocenters.